The number of carbonyl (C=O) groups excluding carboxylic acids is 2. The van der Waals surface area contributed by atoms with E-state index in [1.54, 1.807) is 12.1 Å². The Morgan fingerprint density at radius 3 is 2.61 bits per heavy atom. The molecule has 1 aliphatic rings. The van der Waals surface area contributed by atoms with Crippen LogP contribution in [-0.4, -0.2) is 34.9 Å². The predicted molar refractivity (Wildman–Crippen MR) is 65.3 cm³/mol. The molecular formula is C13H14N2O3. The molecule has 5 nitrogen and oxygen atoms in total. The number of aliphatic hydroxyl groups excluding tert-OH is 1. The molecule has 1 atom stereocenters. The van der Waals surface area contributed by atoms with Crippen molar-refractivity contribution in [2.75, 3.05) is 13.1 Å². The van der Waals surface area contributed by atoms with E-state index in [1.165, 1.54) is 11.0 Å². The van der Waals surface area contributed by atoms with Gasteiger partial charge in [0.2, 0.25) is 11.8 Å². The number of hydrogen-bond donors (Lipinski definition) is 2. The number of aliphatic hydroxyl groups is 1. The van der Waals surface area contributed by atoms with Crippen molar-refractivity contribution in [3.63, 3.8) is 0 Å². The van der Waals surface area contributed by atoms with E-state index < -0.39 is 12.0 Å². The first kappa shape index (κ1) is 12.3. The first-order chi connectivity index (χ1) is 8.58. The summed E-state index contributed by atoms with van der Waals surface area (Å²) in [7, 11) is 0. The van der Waals surface area contributed by atoms with E-state index in [0.29, 0.717) is 0 Å². The lowest BCUT2D eigenvalue weighted by Crippen LogP contribution is -2.31. The van der Waals surface area contributed by atoms with E-state index in [0.717, 1.165) is 5.56 Å². The molecule has 1 aliphatic heterocycles. The van der Waals surface area contributed by atoms with Crippen LogP contribution in [0.15, 0.2) is 42.0 Å². The van der Waals surface area contributed by atoms with Crippen LogP contribution < -0.4 is 5.73 Å². The molecule has 0 aliphatic carbocycles. The number of benzene rings is 1. The number of nitrogens with two attached hydrogens (primary N) is 1. The number of hydrogen-bond acceptors (Lipinski definition) is 3. The third kappa shape index (κ3) is 2.57. The van der Waals surface area contributed by atoms with Gasteiger partial charge in [0.05, 0.1) is 19.2 Å². The quantitative estimate of drug-likeness (QED) is 0.782. The number of β-amino-alcohol motifs (C(OH)–C–C–N with tert-alkyl or cyclic N) is 1. The third-order valence-electron chi connectivity index (χ3n) is 2.86. The Labute approximate surface area is 105 Å². The predicted octanol–water partition coefficient (Wildman–Crippen LogP) is -0.0261. The number of nitrogens with zero attached hydrogens (tertiary/aromatic N) is 1. The average molecular weight is 246 g/mol. The summed E-state index contributed by atoms with van der Waals surface area (Å²) in [6.45, 7) is 0.314. The fourth-order valence-electron chi connectivity index (χ4n) is 1.86. The molecule has 3 N–H and O–H groups in total. The molecule has 18 heavy (non-hydrogen) atoms. The lowest BCUT2D eigenvalue weighted by atomic mass is 10.1. The van der Waals surface area contributed by atoms with Crippen LogP contribution in [0.3, 0.4) is 0 Å². The van der Waals surface area contributed by atoms with Crippen LogP contribution in [0.25, 0.3) is 0 Å². The Bertz CT molecular complexity index is 496. The van der Waals surface area contributed by atoms with Crippen molar-refractivity contribution in [3.8, 4) is 0 Å². The summed E-state index contributed by atoms with van der Waals surface area (Å²) in [5.41, 5.74) is 6.13. The van der Waals surface area contributed by atoms with Gasteiger partial charge in [0.1, 0.15) is 0 Å². The van der Waals surface area contributed by atoms with Crippen molar-refractivity contribution in [2.45, 2.75) is 6.10 Å². The van der Waals surface area contributed by atoms with Crippen molar-refractivity contribution in [1.29, 1.82) is 0 Å². The van der Waals surface area contributed by atoms with Gasteiger partial charge in [-0.15, -0.1) is 0 Å². The van der Waals surface area contributed by atoms with Crippen LogP contribution in [0.4, 0.5) is 0 Å². The van der Waals surface area contributed by atoms with Gasteiger partial charge < -0.3 is 15.7 Å². The van der Waals surface area contributed by atoms with E-state index in [9.17, 15) is 14.7 Å². The summed E-state index contributed by atoms with van der Waals surface area (Å²) in [6.07, 6.45) is 0.454. The van der Waals surface area contributed by atoms with Gasteiger partial charge >= 0.3 is 0 Å². The van der Waals surface area contributed by atoms with Gasteiger partial charge in [-0.2, -0.15) is 0 Å². The molecule has 2 amide bonds. The summed E-state index contributed by atoms with van der Waals surface area (Å²) in [5.74, 6) is -0.890. The Hall–Kier alpha value is -2.14. The lowest BCUT2D eigenvalue weighted by molar-refractivity contribution is -0.125. The van der Waals surface area contributed by atoms with Gasteiger partial charge in [-0.1, -0.05) is 30.3 Å². The minimum atomic E-state index is -0.768. The van der Waals surface area contributed by atoms with Crippen LogP contribution in [0, 0.1) is 0 Å². The van der Waals surface area contributed by atoms with Gasteiger partial charge in [-0.05, 0) is 5.56 Å². The Kier molecular flexibility index (Phi) is 3.43. The minimum Gasteiger partial charge on any atom is -0.387 e. The number of rotatable bonds is 4. The zero-order valence-electron chi connectivity index (χ0n) is 9.74. The second-order valence-electron chi connectivity index (χ2n) is 4.18. The van der Waals surface area contributed by atoms with Crippen LogP contribution in [0.5, 0.6) is 0 Å². The number of amides is 2. The van der Waals surface area contributed by atoms with Crippen molar-refractivity contribution < 1.29 is 14.7 Å². The third-order valence-corrected chi connectivity index (χ3v) is 2.86. The molecule has 1 unspecified atom stereocenters. The minimum absolute atomic E-state index is 0.149. The first-order valence-electron chi connectivity index (χ1n) is 5.60. The zero-order valence-corrected chi connectivity index (χ0v) is 9.74. The molecule has 0 radical (unpaired) electrons. The smallest absolute Gasteiger partial charge is 0.247 e. The molecule has 5 heteroatoms. The molecular weight excluding hydrogens is 232 g/mol. The average Bonchev–Trinajstić information content (AvgIpc) is 2.72. The fraction of sp³-hybridized carbons (Fsp3) is 0.231. The second-order valence-corrected chi connectivity index (χ2v) is 4.18. The summed E-state index contributed by atoms with van der Waals surface area (Å²) in [6, 6.07) is 9.06. The molecule has 1 aromatic carbocycles. The molecule has 0 aromatic heterocycles. The van der Waals surface area contributed by atoms with Crippen molar-refractivity contribution >= 4 is 11.8 Å². The molecule has 0 saturated heterocycles. The van der Waals surface area contributed by atoms with E-state index in [4.69, 9.17) is 5.73 Å². The summed E-state index contributed by atoms with van der Waals surface area (Å²) >= 11 is 0. The summed E-state index contributed by atoms with van der Waals surface area (Å²) in [5, 5.41) is 9.99. The van der Waals surface area contributed by atoms with Crippen LogP contribution in [0.1, 0.15) is 11.7 Å². The largest absolute Gasteiger partial charge is 0.387 e. The van der Waals surface area contributed by atoms with Gasteiger partial charge in [0.25, 0.3) is 0 Å². The number of primary amides is 1. The molecule has 0 bridgehead atoms. The lowest BCUT2D eigenvalue weighted by Gasteiger charge is -2.20. The fourth-order valence-corrected chi connectivity index (χ4v) is 1.86. The van der Waals surface area contributed by atoms with Crippen molar-refractivity contribution in [2.24, 2.45) is 5.73 Å². The highest BCUT2D eigenvalue weighted by Gasteiger charge is 2.26. The first-order valence-corrected chi connectivity index (χ1v) is 5.60. The maximum atomic E-state index is 11.6. The topological polar surface area (TPSA) is 83.6 Å². The van der Waals surface area contributed by atoms with Gasteiger partial charge in [0, 0.05) is 11.6 Å². The number of carbonyl (C=O) groups is 2. The Morgan fingerprint density at radius 2 is 2.06 bits per heavy atom. The highest BCUT2D eigenvalue weighted by atomic mass is 16.3. The van der Waals surface area contributed by atoms with E-state index in [1.807, 2.05) is 18.2 Å². The Balaban J connectivity index is 2.00. The molecule has 94 valence electrons. The van der Waals surface area contributed by atoms with Gasteiger partial charge in [0.15, 0.2) is 0 Å². The molecule has 0 saturated carbocycles. The highest BCUT2D eigenvalue weighted by Crippen LogP contribution is 2.17. The molecule has 1 aromatic rings. The monoisotopic (exact) mass is 246 g/mol. The molecule has 0 spiro atoms. The zero-order chi connectivity index (χ0) is 13.1. The van der Waals surface area contributed by atoms with Crippen LogP contribution >= 0.6 is 0 Å². The molecule has 2 rings (SSSR count). The Morgan fingerprint density at radius 1 is 1.39 bits per heavy atom. The van der Waals surface area contributed by atoms with Gasteiger partial charge in [-0.3, -0.25) is 9.59 Å². The molecule has 0 fully saturated rings. The summed E-state index contributed by atoms with van der Waals surface area (Å²) in [4.78, 5) is 23.9. The normalized spacial score (nSPS) is 16.6. The van der Waals surface area contributed by atoms with Gasteiger partial charge in [-0.25, -0.2) is 0 Å². The van der Waals surface area contributed by atoms with Crippen molar-refractivity contribution in [1.82, 2.24) is 4.90 Å². The maximum Gasteiger partial charge on any atom is 0.247 e. The van der Waals surface area contributed by atoms with E-state index >= 15 is 0 Å². The second kappa shape index (κ2) is 5.01. The SMILES string of the molecule is NC(=O)C1=CC(=O)N(CC(O)c2ccccc2)C1. The van der Waals surface area contributed by atoms with Crippen LogP contribution in [0.2, 0.25) is 0 Å². The standard InChI is InChI=1S/C13H14N2O3/c14-13(18)10-6-12(17)15(7-10)8-11(16)9-4-2-1-3-5-9/h1-6,11,16H,7-8H2,(H2,14,18). The van der Waals surface area contributed by atoms with Crippen LogP contribution in [-0.2, 0) is 9.59 Å². The maximum absolute atomic E-state index is 11.6. The summed E-state index contributed by atoms with van der Waals surface area (Å²) < 4.78 is 0. The molecule has 1 heterocycles. The highest BCUT2D eigenvalue weighted by molar-refractivity contribution is 6.04. The van der Waals surface area contributed by atoms with Crippen molar-refractivity contribution in [3.05, 3.63) is 47.5 Å². The van der Waals surface area contributed by atoms with E-state index in [2.05, 4.69) is 0 Å². The van der Waals surface area contributed by atoms with E-state index in [-0.39, 0.29) is 24.6 Å².